The van der Waals surface area contributed by atoms with E-state index in [2.05, 4.69) is 18.7 Å². The van der Waals surface area contributed by atoms with E-state index in [1.165, 1.54) is 0 Å². The Hall–Kier alpha value is 0.530. The van der Waals surface area contributed by atoms with Crippen molar-refractivity contribution in [3.63, 3.8) is 0 Å². The van der Waals surface area contributed by atoms with Crippen LogP contribution in [0.1, 0.15) is 13.8 Å². The molecule has 1 unspecified atom stereocenters. The van der Waals surface area contributed by atoms with Crippen molar-refractivity contribution in [2.24, 2.45) is 0 Å². The van der Waals surface area contributed by atoms with Crippen LogP contribution in [0, 0.1) is 0 Å². The van der Waals surface area contributed by atoms with Gasteiger partial charge in [-0.05, 0) is 13.1 Å². The van der Waals surface area contributed by atoms with Gasteiger partial charge in [0.15, 0.2) is 0 Å². The number of nitrogens with zero attached hydrogens (tertiary/aromatic N) is 1. The first kappa shape index (κ1) is 12.5. The van der Waals surface area contributed by atoms with Crippen LogP contribution in [0.4, 0.5) is 0 Å². The third-order valence-electron chi connectivity index (χ3n) is 1.88. The van der Waals surface area contributed by atoms with Gasteiger partial charge in [-0.2, -0.15) is 9.79 Å². The third kappa shape index (κ3) is 5.22. The van der Waals surface area contributed by atoms with Crippen LogP contribution in [0.15, 0.2) is 0 Å². The molecule has 0 saturated heterocycles. The average Bonchev–Trinajstić information content (AvgIpc) is 2.05. The standard InChI is InChI=1S/C7H19NO2PS/c1-4-8(5-2)6-7-12(3)11(9)10/h9-10H,4-7H2,1-3H3/q+1. The van der Waals surface area contributed by atoms with E-state index in [1.807, 2.05) is 6.26 Å². The predicted molar refractivity (Wildman–Crippen MR) is 57.3 cm³/mol. The van der Waals surface area contributed by atoms with Crippen molar-refractivity contribution in [2.45, 2.75) is 13.8 Å². The Bertz CT molecular complexity index is 155. The maximum absolute atomic E-state index is 8.89. The van der Waals surface area contributed by atoms with Crippen molar-refractivity contribution in [1.29, 1.82) is 0 Å². The van der Waals surface area contributed by atoms with Gasteiger partial charge >= 0.3 is 7.15 Å². The van der Waals surface area contributed by atoms with Crippen LogP contribution in [0.3, 0.4) is 0 Å². The third-order valence-corrected chi connectivity index (χ3v) is 5.43. The van der Waals surface area contributed by atoms with E-state index in [0.29, 0.717) is 0 Å². The summed E-state index contributed by atoms with van der Waals surface area (Å²) in [5.74, 6) is 0.903. The first-order chi connectivity index (χ1) is 5.61. The quantitative estimate of drug-likeness (QED) is 0.662. The van der Waals surface area contributed by atoms with E-state index in [9.17, 15) is 0 Å². The van der Waals surface area contributed by atoms with Gasteiger partial charge in [0.2, 0.25) is 0 Å². The highest BCUT2D eigenvalue weighted by molar-refractivity contribution is 8.22. The smallest absolute Gasteiger partial charge is 0.303 e. The van der Waals surface area contributed by atoms with E-state index < -0.39 is 7.15 Å². The van der Waals surface area contributed by atoms with E-state index in [0.717, 1.165) is 25.4 Å². The van der Waals surface area contributed by atoms with Crippen LogP contribution in [-0.4, -0.2) is 46.3 Å². The molecule has 0 heterocycles. The highest BCUT2D eigenvalue weighted by Crippen LogP contribution is 2.14. The van der Waals surface area contributed by atoms with Gasteiger partial charge in [0.05, 0.1) is 0 Å². The summed E-state index contributed by atoms with van der Waals surface area (Å²) >= 11 is 0. The summed E-state index contributed by atoms with van der Waals surface area (Å²) in [6, 6.07) is 0. The highest BCUT2D eigenvalue weighted by atomic mass is 32.5. The van der Waals surface area contributed by atoms with Crippen molar-refractivity contribution in [3.8, 4) is 0 Å². The second kappa shape index (κ2) is 6.98. The summed E-state index contributed by atoms with van der Waals surface area (Å²) in [6.07, 6.45) is 1.91. The molecule has 0 rings (SSSR count). The van der Waals surface area contributed by atoms with E-state index in [4.69, 9.17) is 9.79 Å². The second-order valence-electron chi connectivity index (χ2n) is 2.58. The van der Waals surface area contributed by atoms with E-state index >= 15 is 0 Å². The number of rotatable bonds is 5. The highest BCUT2D eigenvalue weighted by Gasteiger charge is 2.08. The van der Waals surface area contributed by atoms with E-state index in [1.54, 1.807) is 0 Å². The minimum Gasteiger partial charge on any atom is -0.303 e. The molecule has 0 saturated carbocycles. The fourth-order valence-corrected chi connectivity index (χ4v) is 2.30. The van der Waals surface area contributed by atoms with Crippen molar-refractivity contribution < 1.29 is 9.79 Å². The topological polar surface area (TPSA) is 43.7 Å². The summed E-state index contributed by atoms with van der Waals surface area (Å²) in [6.45, 7) is 7.31. The lowest BCUT2D eigenvalue weighted by Crippen LogP contribution is -2.27. The van der Waals surface area contributed by atoms with Gasteiger partial charge < -0.3 is 4.90 Å². The Morgan fingerprint density at radius 1 is 1.25 bits per heavy atom. The molecule has 0 spiro atoms. The molecule has 0 amide bonds. The zero-order chi connectivity index (χ0) is 9.56. The Balaban J connectivity index is 3.74. The largest absolute Gasteiger partial charge is 0.458 e. The van der Waals surface area contributed by atoms with Crippen molar-refractivity contribution in [2.75, 3.05) is 31.6 Å². The molecular formula is C7H19NO2PS+. The van der Waals surface area contributed by atoms with Gasteiger partial charge in [0.1, 0.15) is 0 Å². The Kier molecular flexibility index (Phi) is 7.29. The molecule has 0 aliphatic heterocycles. The van der Waals surface area contributed by atoms with Crippen molar-refractivity contribution in [3.05, 3.63) is 0 Å². The SMILES string of the molecule is CCN(CC)CCS(C)=[P+](O)O. The molecule has 12 heavy (non-hydrogen) atoms. The van der Waals surface area contributed by atoms with E-state index in [-0.39, 0.29) is 10.1 Å². The van der Waals surface area contributed by atoms with Crippen LogP contribution in [0.5, 0.6) is 0 Å². The van der Waals surface area contributed by atoms with Gasteiger partial charge in [-0.25, -0.2) is 0 Å². The monoisotopic (exact) mass is 212 g/mol. The summed E-state index contributed by atoms with van der Waals surface area (Å²) < 4.78 is 0. The minimum absolute atomic E-state index is 0.211. The summed E-state index contributed by atoms with van der Waals surface area (Å²) in [5, 5.41) is 0. The predicted octanol–water partition coefficient (Wildman–Crippen LogP) is 0.788. The zero-order valence-corrected chi connectivity index (χ0v) is 9.74. The zero-order valence-electron chi connectivity index (χ0n) is 8.03. The summed E-state index contributed by atoms with van der Waals surface area (Å²) in [4.78, 5) is 20.1. The number of hydrogen-bond acceptors (Lipinski definition) is 1. The van der Waals surface area contributed by atoms with Gasteiger partial charge in [0, 0.05) is 28.6 Å². The summed E-state index contributed by atoms with van der Waals surface area (Å²) in [7, 11) is -1.91. The molecule has 5 heteroatoms. The Morgan fingerprint density at radius 2 is 1.75 bits per heavy atom. The molecule has 0 aromatic carbocycles. The minimum atomic E-state index is -1.70. The second-order valence-corrected chi connectivity index (χ2v) is 7.55. The van der Waals surface area contributed by atoms with Gasteiger partial charge in [-0.1, -0.05) is 13.8 Å². The average molecular weight is 212 g/mol. The molecule has 0 fully saturated rings. The van der Waals surface area contributed by atoms with Crippen LogP contribution < -0.4 is 0 Å². The molecule has 3 nitrogen and oxygen atoms in total. The van der Waals surface area contributed by atoms with Gasteiger partial charge in [-0.3, -0.25) is 0 Å². The lowest BCUT2D eigenvalue weighted by atomic mass is 10.5. The molecule has 0 aliphatic rings. The lowest BCUT2D eigenvalue weighted by Gasteiger charge is -2.16. The molecule has 0 radical (unpaired) electrons. The van der Waals surface area contributed by atoms with Crippen LogP contribution in [-0.2, 0) is 10.1 Å². The first-order valence-electron chi connectivity index (χ1n) is 4.14. The normalized spacial score (nSPS) is 13.5. The Labute approximate surface area is 77.9 Å². The van der Waals surface area contributed by atoms with Gasteiger partial charge in [0.25, 0.3) is 0 Å². The van der Waals surface area contributed by atoms with Crippen molar-refractivity contribution in [1.82, 2.24) is 4.90 Å². The number of hydrogen-bond donors (Lipinski definition) is 2. The lowest BCUT2D eigenvalue weighted by molar-refractivity contribution is 0.323. The maximum Gasteiger partial charge on any atom is 0.458 e. The summed E-state index contributed by atoms with van der Waals surface area (Å²) in [5.41, 5.74) is 0. The molecule has 0 aromatic heterocycles. The fraction of sp³-hybridized carbons (Fsp3) is 1.00. The van der Waals surface area contributed by atoms with Crippen LogP contribution in [0.2, 0.25) is 0 Å². The molecular weight excluding hydrogens is 193 g/mol. The molecule has 74 valence electrons. The fourth-order valence-electron chi connectivity index (χ4n) is 0.883. The van der Waals surface area contributed by atoms with Crippen LogP contribution in [0.25, 0.3) is 0 Å². The molecule has 2 N–H and O–H groups in total. The van der Waals surface area contributed by atoms with Gasteiger partial charge in [-0.15, -0.1) is 0 Å². The molecule has 0 bridgehead atoms. The molecule has 1 atom stereocenters. The van der Waals surface area contributed by atoms with Crippen LogP contribution >= 0.6 is 7.15 Å². The first-order valence-corrected chi connectivity index (χ1v) is 7.80. The molecule has 0 aromatic rings. The maximum atomic E-state index is 8.89. The van der Waals surface area contributed by atoms with Crippen molar-refractivity contribution >= 4 is 17.2 Å². The Morgan fingerprint density at radius 3 is 2.08 bits per heavy atom. The molecule has 0 aliphatic carbocycles.